The molecule has 1 aromatic heterocycles. The highest BCUT2D eigenvalue weighted by Crippen LogP contribution is 2.26. The Hall–Kier alpha value is -2.27. The second kappa shape index (κ2) is 6.23. The Labute approximate surface area is 133 Å². The molecule has 0 aliphatic carbocycles. The molecule has 0 N–H and O–H groups in total. The van der Waals surface area contributed by atoms with Crippen LogP contribution in [0.1, 0.15) is 31.1 Å². The van der Waals surface area contributed by atoms with Crippen molar-refractivity contribution in [2.24, 2.45) is 5.18 Å². The van der Waals surface area contributed by atoms with Crippen LogP contribution < -0.4 is 0 Å². The van der Waals surface area contributed by atoms with Crippen molar-refractivity contribution in [3.63, 3.8) is 0 Å². The highest BCUT2D eigenvalue weighted by Gasteiger charge is 2.19. The summed E-state index contributed by atoms with van der Waals surface area (Å²) in [5.41, 5.74) is 1.09. The molecule has 0 radical (unpaired) electrons. The fourth-order valence-corrected chi connectivity index (χ4v) is 2.03. The van der Waals surface area contributed by atoms with Gasteiger partial charge in [0.15, 0.2) is 0 Å². The van der Waals surface area contributed by atoms with Crippen LogP contribution in [-0.4, -0.2) is 16.6 Å². The van der Waals surface area contributed by atoms with E-state index in [9.17, 15) is 9.70 Å². The third-order valence-electron chi connectivity index (χ3n) is 2.68. The summed E-state index contributed by atoms with van der Waals surface area (Å²) in [6, 6.07) is 9.61. The van der Waals surface area contributed by atoms with Gasteiger partial charge in [0.25, 0.3) is 0 Å². The van der Waals surface area contributed by atoms with E-state index in [1.54, 1.807) is 51.1 Å². The summed E-state index contributed by atoms with van der Waals surface area (Å²) in [4.78, 5) is 26.9. The lowest BCUT2D eigenvalue weighted by Gasteiger charge is -2.19. The number of ether oxygens (including phenoxy) is 1. The number of hydrogen-bond donors (Lipinski definition) is 0. The molecule has 0 aliphatic heterocycles. The minimum Gasteiger partial charge on any atom is -0.456 e. The predicted octanol–water partition coefficient (Wildman–Crippen LogP) is 4.76. The number of pyridine rings is 1. The van der Waals surface area contributed by atoms with Crippen LogP contribution >= 0.6 is 11.6 Å². The lowest BCUT2D eigenvalue weighted by molar-refractivity contribution is 0.00694. The third-order valence-corrected chi connectivity index (χ3v) is 2.87. The Kier molecular flexibility index (Phi) is 4.56. The molecule has 0 amide bonds. The van der Waals surface area contributed by atoms with Crippen molar-refractivity contribution < 1.29 is 9.53 Å². The molecule has 1 heterocycles. The number of nitrogens with zero attached hydrogens (tertiary/aromatic N) is 2. The number of aromatic nitrogens is 1. The molecule has 5 nitrogen and oxygen atoms in total. The monoisotopic (exact) mass is 318 g/mol. The number of hydrogen-bond acceptors (Lipinski definition) is 5. The first kappa shape index (κ1) is 16.1. The summed E-state index contributed by atoms with van der Waals surface area (Å²) in [7, 11) is 0. The minimum atomic E-state index is -0.603. The quantitative estimate of drug-likeness (QED) is 0.465. The van der Waals surface area contributed by atoms with E-state index in [1.807, 2.05) is 0 Å². The maximum atomic E-state index is 12.1. The van der Waals surface area contributed by atoms with Crippen LogP contribution in [0.25, 0.3) is 11.3 Å². The molecule has 2 aromatic rings. The van der Waals surface area contributed by atoms with E-state index in [1.165, 1.54) is 6.07 Å². The Morgan fingerprint density at radius 3 is 2.59 bits per heavy atom. The zero-order valence-electron chi connectivity index (χ0n) is 12.5. The fourth-order valence-electron chi connectivity index (χ4n) is 1.82. The van der Waals surface area contributed by atoms with Gasteiger partial charge in [-0.3, -0.25) is 0 Å². The highest BCUT2D eigenvalue weighted by molar-refractivity contribution is 6.29. The molecule has 22 heavy (non-hydrogen) atoms. The predicted molar refractivity (Wildman–Crippen MR) is 85.3 cm³/mol. The summed E-state index contributed by atoms with van der Waals surface area (Å²) >= 11 is 5.98. The number of benzene rings is 1. The summed E-state index contributed by atoms with van der Waals surface area (Å²) in [5.74, 6) is -0.484. The van der Waals surface area contributed by atoms with Gasteiger partial charge in [0.2, 0.25) is 0 Å². The zero-order valence-corrected chi connectivity index (χ0v) is 13.2. The smallest absolute Gasteiger partial charge is 0.338 e. The van der Waals surface area contributed by atoms with E-state index in [0.717, 1.165) is 0 Å². The topological polar surface area (TPSA) is 68.6 Å². The first-order chi connectivity index (χ1) is 10.3. The van der Waals surface area contributed by atoms with Gasteiger partial charge in [-0.1, -0.05) is 23.7 Å². The Bertz CT molecular complexity index is 724. The van der Waals surface area contributed by atoms with Gasteiger partial charge in [0.1, 0.15) is 16.4 Å². The summed E-state index contributed by atoms with van der Waals surface area (Å²) in [5, 5.41) is 3.05. The Balaban J connectivity index is 2.42. The van der Waals surface area contributed by atoms with Crippen LogP contribution in [0, 0.1) is 4.91 Å². The van der Waals surface area contributed by atoms with Gasteiger partial charge >= 0.3 is 5.97 Å². The molecule has 0 unspecified atom stereocenters. The minimum absolute atomic E-state index is 0.169. The average Bonchev–Trinajstić information content (AvgIpc) is 2.45. The SMILES string of the molecule is CC(C)(C)OC(=O)c1cc(Cl)nc(-c2cccc(N=O)c2)c1. The van der Waals surface area contributed by atoms with E-state index in [2.05, 4.69) is 10.2 Å². The number of halogens is 1. The molecule has 1 aromatic carbocycles. The second-order valence-corrected chi connectivity index (χ2v) is 6.09. The first-order valence-corrected chi connectivity index (χ1v) is 7.01. The highest BCUT2D eigenvalue weighted by atomic mass is 35.5. The van der Waals surface area contributed by atoms with Crippen LogP contribution in [0.15, 0.2) is 41.6 Å². The molecular weight excluding hydrogens is 304 g/mol. The van der Waals surface area contributed by atoms with E-state index in [4.69, 9.17) is 16.3 Å². The maximum Gasteiger partial charge on any atom is 0.338 e. The summed E-state index contributed by atoms with van der Waals surface area (Å²) in [6.07, 6.45) is 0. The van der Waals surface area contributed by atoms with Crippen LogP contribution in [0.4, 0.5) is 5.69 Å². The molecule has 6 heteroatoms. The second-order valence-electron chi connectivity index (χ2n) is 5.71. The van der Waals surface area contributed by atoms with Gasteiger partial charge in [0, 0.05) is 5.56 Å². The number of rotatable bonds is 3. The molecule has 2 rings (SSSR count). The van der Waals surface area contributed by atoms with Gasteiger partial charge in [-0.15, -0.1) is 4.91 Å². The molecule has 0 saturated carbocycles. The van der Waals surface area contributed by atoms with E-state index < -0.39 is 11.6 Å². The maximum absolute atomic E-state index is 12.1. The largest absolute Gasteiger partial charge is 0.456 e. The number of nitroso groups, excluding NO2 is 1. The lowest BCUT2D eigenvalue weighted by Crippen LogP contribution is -2.24. The van der Waals surface area contributed by atoms with Crippen molar-refractivity contribution in [1.82, 2.24) is 4.98 Å². The first-order valence-electron chi connectivity index (χ1n) is 6.63. The van der Waals surface area contributed by atoms with Crippen molar-refractivity contribution in [3.05, 3.63) is 52.0 Å². The van der Waals surface area contributed by atoms with Gasteiger partial charge in [-0.25, -0.2) is 9.78 Å². The van der Waals surface area contributed by atoms with E-state index in [-0.39, 0.29) is 10.8 Å². The normalized spacial score (nSPS) is 11.1. The molecular formula is C16H15ClN2O3. The van der Waals surface area contributed by atoms with Crippen LogP contribution in [-0.2, 0) is 4.74 Å². The van der Waals surface area contributed by atoms with Crippen LogP contribution in [0.3, 0.4) is 0 Å². The van der Waals surface area contributed by atoms with Gasteiger partial charge in [0.05, 0.1) is 11.3 Å². The average molecular weight is 319 g/mol. The molecule has 114 valence electrons. The Morgan fingerprint density at radius 2 is 1.95 bits per heavy atom. The van der Waals surface area contributed by atoms with Gasteiger partial charge in [-0.05, 0) is 50.2 Å². The van der Waals surface area contributed by atoms with Gasteiger partial charge in [-0.2, -0.15) is 0 Å². The van der Waals surface area contributed by atoms with Crippen LogP contribution in [0.5, 0.6) is 0 Å². The van der Waals surface area contributed by atoms with Crippen molar-refractivity contribution >= 4 is 23.3 Å². The van der Waals surface area contributed by atoms with Crippen molar-refractivity contribution in [2.75, 3.05) is 0 Å². The van der Waals surface area contributed by atoms with E-state index in [0.29, 0.717) is 16.8 Å². The van der Waals surface area contributed by atoms with Crippen molar-refractivity contribution in [3.8, 4) is 11.3 Å². The fraction of sp³-hybridized carbons (Fsp3) is 0.250. The molecule has 0 aliphatic rings. The molecule has 0 fully saturated rings. The number of carbonyl (C=O) groups excluding carboxylic acids is 1. The molecule has 0 saturated heterocycles. The molecule has 0 bridgehead atoms. The standard InChI is InChI=1S/C16H15ClN2O3/c1-16(2,3)22-15(20)11-8-13(18-14(17)9-11)10-5-4-6-12(7-10)19-21/h4-9H,1-3H3. The van der Waals surface area contributed by atoms with Crippen LogP contribution in [0.2, 0.25) is 5.15 Å². The number of esters is 1. The molecule has 0 atom stereocenters. The third kappa shape index (κ3) is 4.11. The van der Waals surface area contributed by atoms with Crippen molar-refractivity contribution in [1.29, 1.82) is 0 Å². The van der Waals surface area contributed by atoms with Crippen molar-refractivity contribution in [2.45, 2.75) is 26.4 Å². The zero-order chi connectivity index (χ0) is 16.3. The number of carbonyl (C=O) groups is 1. The lowest BCUT2D eigenvalue weighted by atomic mass is 10.1. The molecule has 0 spiro atoms. The van der Waals surface area contributed by atoms with Gasteiger partial charge < -0.3 is 4.74 Å². The van der Waals surface area contributed by atoms with E-state index >= 15 is 0 Å². The summed E-state index contributed by atoms with van der Waals surface area (Å²) < 4.78 is 5.32. The summed E-state index contributed by atoms with van der Waals surface area (Å²) in [6.45, 7) is 5.36. The Morgan fingerprint density at radius 1 is 1.23 bits per heavy atom.